The van der Waals surface area contributed by atoms with Gasteiger partial charge in [0.1, 0.15) is 5.75 Å². The number of piperidine rings is 1. The van der Waals surface area contributed by atoms with E-state index in [-0.39, 0.29) is 23.5 Å². The highest BCUT2D eigenvalue weighted by atomic mass is 35.5. The number of ketones is 1. The molecule has 176 valence electrons. The van der Waals surface area contributed by atoms with E-state index in [0.29, 0.717) is 58.0 Å². The number of carbonyl (C=O) groups is 3. The van der Waals surface area contributed by atoms with Crippen LogP contribution in [-0.2, 0) is 4.79 Å². The van der Waals surface area contributed by atoms with Crippen molar-refractivity contribution in [3.8, 4) is 17.0 Å². The second-order valence-electron chi connectivity index (χ2n) is 8.02. The first kappa shape index (κ1) is 23.9. The number of ether oxygens (including phenoxy) is 1. The summed E-state index contributed by atoms with van der Waals surface area (Å²) in [5.41, 5.74) is 1.81. The number of carbonyl (C=O) groups excluding carboxylic acids is 3. The molecule has 2 aromatic carbocycles. The van der Waals surface area contributed by atoms with Gasteiger partial charge < -0.3 is 15.0 Å². The Balaban J connectivity index is 1.41. The lowest BCUT2D eigenvalue weighted by atomic mass is 9.95. The molecule has 0 aliphatic carbocycles. The molecule has 2 amide bonds. The third-order valence-electron chi connectivity index (χ3n) is 5.77. The summed E-state index contributed by atoms with van der Waals surface area (Å²) in [7, 11) is 1.51. The van der Waals surface area contributed by atoms with Gasteiger partial charge in [0, 0.05) is 36.5 Å². The Morgan fingerprint density at radius 1 is 1.12 bits per heavy atom. The summed E-state index contributed by atoms with van der Waals surface area (Å²) in [5, 5.41) is 3.73. The number of amides is 2. The third kappa shape index (κ3) is 5.13. The number of methoxy groups -OCH3 is 1. The predicted molar refractivity (Wildman–Crippen MR) is 133 cm³/mol. The number of thiazole rings is 1. The first-order valence-corrected chi connectivity index (χ1v) is 12.1. The molecule has 0 radical (unpaired) electrons. The first-order valence-electron chi connectivity index (χ1n) is 10.9. The summed E-state index contributed by atoms with van der Waals surface area (Å²) in [6, 6.07) is 14.4. The SMILES string of the molecule is COc1ccc(Cl)cc1C(=O)N1CCC(C(=O)Nc2nc(-c3ccccc3)c(C(C)=O)s2)CC1. The fourth-order valence-electron chi connectivity index (χ4n) is 3.97. The highest BCUT2D eigenvalue weighted by Gasteiger charge is 2.30. The van der Waals surface area contributed by atoms with Crippen LogP contribution in [0, 0.1) is 5.92 Å². The molecule has 0 atom stereocenters. The zero-order valence-corrected chi connectivity index (χ0v) is 20.4. The van der Waals surface area contributed by atoms with Gasteiger partial charge in [0.15, 0.2) is 10.9 Å². The first-order chi connectivity index (χ1) is 16.4. The smallest absolute Gasteiger partial charge is 0.257 e. The lowest BCUT2D eigenvalue weighted by Gasteiger charge is -2.31. The summed E-state index contributed by atoms with van der Waals surface area (Å²) < 4.78 is 5.30. The Labute approximate surface area is 206 Å². The number of Topliss-reactive ketones (excluding diaryl/α,β-unsaturated/α-hetero) is 1. The van der Waals surface area contributed by atoms with Crippen molar-refractivity contribution in [3.63, 3.8) is 0 Å². The highest BCUT2D eigenvalue weighted by molar-refractivity contribution is 7.18. The van der Waals surface area contributed by atoms with E-state index in [1.807, 2.05) is 30.3 Å². The molecule has 3 aromatic rings. The molecular formula is C25H24ClN3O4S. The van der Waals surface area contributed by atoms with Gasteiger partial charge in [-0.3, -0.25) is 14.4 Å². The van der Waals surface area contributed by atoms with Crippen molar-refractivity contribution < 1.29 is 19.1 Å². The number of benzene rings is 2. The van der Waals surface area contributed by atoms with Crippen molar-refractivity contribution in [2.24, 2.45) is 5.92 Å². The van der Waals surface area contributed by atoms with E-state index in [9.17, 15) is 14.4 Å². The fourth-order valence-corrected chi connectivity index (χ4v) is 5.03. The number of anilines is 1. The molecule has 1 fully saturated rings. The second kappa shape index (κ2) is 10.4. The molecule has 7 nitrogen and oxygen atoms in total. The number of hydrogen-bond donors (Lipinski definition) is 1. The monoisotopic (exact) mass is 497 g/mol. The molecule has 4 rings (SSSR count). The van der Waals surface area contributed by atoms with E-state index in [1.54, 1.807) is 23.1 Å². The van der Waals surface area contributed by atoms with E-state index in [0.717, 1.165) is 5.56 Å². The lowest BCUT2D eigenvalue weighted by Crippen LogP contribution is -2.41. The van der Waals surface area contributed by atoms with Crippen LogP contribution >= 0.6 is 22.9 Å². The molecule has 0 unspecified atom stereocenters. The number of rotatable bonds is 6. The molecule has 0 saturated carbocycles. The van der Waals surface area contributed by atoms with E-state index >= 15 is 0 Å². The molecule has 1 aliphatic heterocycles. The van der Waals surface area contributed by atoms with Crippen LogP contribution in [0.1, 0.15) is 39.8 Å². The van der Waals surface area contributed by atoms with Crippen LogP contribution in [0.3, 0.4) is 0 Å². The van der Waals surface area contributed by atoms with Gasteiger partial charge in [-0.25, -0.2) is 4.98 Å². The van der Waals surface area contributed by atoms with Crippen LogP contribution in [0.15, 0.2) is 48.5 Å². The average molecular weight is 498 g/mol. The van der Waals surface area contributed by atoms with E-state index in [4.69, 9.17) is 16.3 Å². The summed E-state index contributed by atoms with van der Waals surface area (Å²) in [6.07, 6.45) is 1.05. The molecule has 1 aliphatic rings. The number of likely N-dealkylation sites (tertiary alicyclic amines) is 1. The number of halogens is 1. The fraction of sp³-hybridized carbons (Fsp3) is 0.280. The van der Waals surface area contributed by atoms with Crippen LogP contribution < -0.4 is 10.1 Å². The standard InChI is InChI=1S/C25H24ClN3O4S/c1-15(30)22-21(16-6-4-3-5-7-16)27-25(34-22)28-23(31)17-10-12-29(13-11-17)24(32)19-14-18(26)8-9-20(19)33-2/h3-9,14,17H,10-13H2,1-2H3,(H,27,28,31). The summed E-state index contributed by atoms with van der Waals surface area (Å²) >= 11 is 7.24. The normalized spacial score (nSPS) is 14.0. The van der Waals surface area contributed by atoms with Crippen molar-refractivity contribution in [2.45, 2.75) is 19.8 Å². The van der Waals surface area contributed by atoms with Gasteiger partial charge in [-0.2, -0.15) is 0 Å². The number of nitrogens with one attached hydrogen (secondary N) is 1. The van der Waals surface area contributed by atoms with Crippen LogP contribution in [0.25, 0.3) is 11.3 Å². The van der Waals surface area contributed by atoms with Crippen LogP contribution in [0.4, 0.5) is 5.13 Å². The van der Waals surface area contributed by atoms with Gasteiger partial charge in [-0.15, -0.1) is 0 Å². The molecule has 2 heterocycles. The maximum atomic E-state index is 13.0. The largest absolute Gasteiger partial charge is 0.496 e. The van der Waals surface area contributed by atoms with Gasteiger partial charge in [0.25, 0.3) is 5.91 Å². The van der Waals surface area contributed by atoms with Gasteiger partial charge >= 0.3 is 0 Å². The Hall–Kier alpha value is -3.23. The molecule has 9 heteroatoms. The Morgan fingerprint density at radius 3 is 2.47 bits per heavy atom. The second-order valence-corrected chi connectivity index (χ2v) is 9.45. The van der Waals surface area contributed by atoms with Gasteiger partial charge in [-0.1, -0.05) is 53.3 Å². The molecule has 34 heavy (non-hydrogen) atoms. The minimum absolute atomic E-state index is 0.0971. The maximum Gasteiger partial charge on any atom is 0.257 e. The van der Waals surface area contributed by atoms with E-state index in [1.165, 1.54) is 25.4 Å². The van der Waals surface area contributed by atoms with Crippen molar-refractivity contribution in [1.82, 2.24) is 9.88 Å². The maximum absolute atomic E-state index is 13.0. The molecule has 1 aromatic heterocycles. The van der Waals surface area contributed by atoms with Crippen LogP contribution in [0.5, 0.6) is 5.75 Å². The van der Waals surface area contributed by atoms with Gasteiger partial charge in [0.05, 0.1) is 23.2 Å². The summed E-state index contributed by atoms with van der Waals surface area (Å²) in [5.74, 6) is -0.212. The molecule has 1 saturated heterocycles. The molecule has 0 bridgehead atoms. The van der Waals surface area contributed by atoms with E-state index < -0.39 is 0 Å². The van der Waals surface area contributed by atoms with Crippen molar-refractivity contribution >= 4 is 45.7 Å². The minimum Gasteiger partial charge on any atom is -0.496 e. The molecule has 0 spiro atoms. The van der Waals surface area contributed by atoms with Crippen LogP contribution in [-0.4, -0.2) is 47.7 Å². The van der Waals surface area contributed by atoms with Crippen LogP contribution in [0.2, 0.25) is 5.02 Å². The third-order valence-corrected chi connectivity index (χ3v) is 7.08. The minimum atomic E-state index is -0.254. The summed E-state index contributed by atoms with van der Waals surface area (Å²) in [4.78, 5) is 44.8. The average Bonchev–Trinajstić information content (AvgIpc) is 3.28. The Bertz CT molecular complexity index is 1220. The quantitative estimate of drug-likeness (QED) is 0.475. The zero-order valence-electron chi connectivity index (χ0n) is 18.8. The number of hydrogen-bond acceptors (Lipinski definition) is 6. The lowest BCUT2D eigenvalue weighted by molar-refractivity contribution is -0.121. The Morgan fingerprint density at radius 2 is 1.82 bits per heavy atom. The summed E-state index contributed by atoms with van der Waals surface area (Å²) in [6.45, 7) is 2.38. The Kier molecular flexibility index (Phi) is 7.29. The van der Waals surface area contributed by atoms with Crippen molar-refractivity contribution in [1.29, 1.82) is 0 Å². The molecule has 1 N–H and O–H groups in total. The topological polar surface area (TPSA) is 88.6 Å². The predicted octanol–water partition coefficient (Wildman–Crippen LogP) is 5.17. The van der Waals surface area contributed by atoms with Gasteiger partial charge in [-0.05, 0) is 31.0 Å². The number of nitrogens with zero attached hydrogens (tertiary/aromatic N) is 2. The molecular weight excluding hydrogens is 474 g/mol. The highest BCUT2D eigenvalue weighted by Crippen LogP contribution is 2.32. The zero-order chi connectivity index (χ0) is 24.2. The van der Waals surface area contributed by atoms with Crippen molar-refractivity contribution in [2.75, 3.05) is 25.5 Å². The van der Waals surface area contributed by atoms with Gasteiger partial charge in [0.2, 0.25) is 5.91 Å². The van der Waals surface area contributed by atoms with E-state index in [2.05, 4.69) is 10.3 Å². The van der Waals surface area contributed by atoms with Crippen molar-refractivity contribution in [3.05, 3.63) is 64.0 Å². The number of aromatic nitrogens is 1.